The molecule has 0 saturated carbocycles. The highest BCUT2D eigenvalue weighted by Gasteiger charge is 2.21. The molecule has 19 heavy (non-hydrogen) atoms. The summed E-state index contributed by atoms with van der Waals surface area (Å²) in [6, 6.07) is 4.56. The number of aromatic nitrogens is 1. The van der Waals surface area contributed by atoms with Crippen LogP contribution in [0.1, 0.15) is 28.4 Å². The second-order valence-corrected chi connectivity index (χ2v) is 4.82. The first-order chi connectivity index (χ1) is 9.19. The Morgan fingerprint density at radius 2 is 2.26 bits per heavy atom. The van der Waals surface area contributed by atoms with Crippen LogP contribution in [-0.2, 0) is 4.74 Å². The van der Waals surface area contributed by atoms with Gasteiger partial charge in [0.1, 0.15) is 5.82 Å². The lowest BCUT2D eigenvalue weighted by Gasteiger charge is -2.03. The number of methoxy groups -OCH3 is 1. The van der Waals surface area contributed by atoms with Crippen LogP contribution in [0.25, 0.3) is 10.9 Å². The molecule has 1 aromatic carbocycles. The molecule has 1 saturated heterocycles. The van der Waals surface area contributed by atoms with Gasteiger partial charge in [0.25, 0.3) is 0 Å². The predicted octanol–water partition coefficient (Wildman–Crippen LogP) is 2.17. The Bertz CT molecular complexity index is 630. The lowest BCUT2D eigenvalue weighted by atomic mass is 10.0. The van der Waals surface area contributed by atoms with Gasteiger partial charge in [-0.1, -0.05) is 0 Å². The summed E-state index contributed by atoms with van der Waals surface area (Å²) in [7, 11) is 1.30. The highest BCUT2D eigenvalue weighted by molar-refractivity contribution is 6.04. The Kier molecular flexibility index (Phi) is 2.98. The number of esters is 1. The first kappa shape index (κ1) is 12.2. The Labute approximate surface area is 109 Å². The molecule has 0 spiro atoms. The van der Waals surface area contributed by atoms with Crippen molar-refractivity contribution in [2.45, 2.75) is 12.3 Å². The van der Waals surface area contributed by atoms with Crippen LogP contribution in [0.15, 0.2) is 18.2 Å². The summed E-state index contributed by atoms with van der Waals surface area (Å²) in [4.78, 5) is 14.9. The summed E-state index contributed by atoms with van der Waals surface area (Å²) in [5, 5.41) is 4.01. The number of rotatable bonds is 2. The number of benzene rings is 1. The van der Waals surface area contributed by atoms with E-state index in [4.69, 9.17) is 4.74 Å². The van der Waals surface area contributed by atoms with Gasteiger partial charge in [-0.15, -0.1) is 0 Å². The molecule has 2 heterocycles. The summed E-state index contributed by atoms with van der Waals surface area (Å²) < 4.78 is 18.2. The summed E-state index contributed by atoms with van der Waals surface area (Å²) in [5.41, 5.74) is 1.95. The Morgan fingerprint density at radius 3 is 2.95 bits per heavy atom. The molecule has 1 unspecified atom stereocenters. The van der Waals surface area contributed by atoms with Crippen molar-refractivity contribution in [3.63, 3.8) is 0 Å². The number of ether oxygens (including phenoxy) is 1. The molecule has 2 N–H and O–H groups in total. The molecule has 4 nitrogen and oxygen atoms in total. The van der Waals surface area contributed by atoms with Crippen LogP contribution < -0.4 is 5.32 Å². The summed E-state index contributed by atoms with van der Waals surface area (Å²) >= 11 is 0. The van der Waals surface area contributed by atoms with E-state index < -0.39 is 11.8 Å². The molecule has 1 aliphatic rings. The molecular formula is C14H15FN2O2. The Hall–Kier alpha value is -1.88. The third-order valence-electron chi connectivity index (χ3n) is 3.63. The molecule has 0 amide bonds. The minimum Gasteiger partial charge on any atom is -0.465 e. The van der Waals surface area contributed by atoms with Crippen molar-refractivity contribution in [3.8, 4) is 0 Å². The zero-order chi connectivity index (χ0) is 13.4. The highest BCUT2D eigenvalue weighted by Crippen LogP contribution is 2.28. The number of H-pyrrole nitrogens is 1. The molecular weight excluding hydrogens is 247 g/mol. The number of carbonyl (C=O) groups is 1. The van der Waals surface area contributed by atoms with Gasteiger partial charge < -0.3 is 15.0 Å². The van der Waals surface area contributed by atoms with Crippen LogP contribution in [-0.4, -0.2) is 31.2 Å². The van der Waals surface area contributed by atoms with Crippen LogP contribution in [0.3, 0.4) is 0 Å². The van der Waals surface area contributed by atoms with Gasteiger partial charge in [0.15, 0.2) is 0 Å². The van der Waals surface area contributed by atoms with Crippen molar-refractivity contribution in [2.24, 2.45) is 0 Å². The smallest absolute Gasteiger partial charge is 0.338 e. The highest BCUT2D eigenvalue weighted by atomic mass is 19.1. The number of carbonyl (C=O) groups excluding carboxylic acids is 1. The van der Waals surface area contributed by atoms with E-state index in [1.807, 2.05) is 6.07 Å². The van der Waals surface area contributed by atoms with Crippen LogP contribution in [0.4, 0.5) is 4.39 Å². The maximum atomic E-state index is 13.5. The topological polar surface area (TPSA) is 54.1 Å². The molecule has 100 valence electrons. The Morgan fingerprint density at radius 1 is 1.42 bits per heavy atom. The molecule has 0 radical (unpaired) electrons. The molecule has 1 atom stereocenters. The van der Waals surface area contributed by atoms with Crippen molar-refractivity contribution >= 4 is 16.9 Å². The van der Waals surface area contributed by atoms with E-state index in [0.717, 1.165) is 30.6 Å². The van der Waals surface area contributed by atoms with Gasteiger partial charge in [0.05, 0.1) is 12.7 Å². The molecule has 1 aromatic heterocycles. The fourth-order valence-corrected chi connectivity index (χ4v) is 2.64. The second-order valence-electron chi connectivity index (χ2n) is 4.82. The monoisotopic (exact) mass is 262 g/mol. The minimum atomic E-state index is -0.514. The molecule has 5 heteroatoms. The maximum Gasteiger partial charge on any atom is 0.338 e. The second kappa shape index (κ2) is 4.66. The van der Waals surface area contributed by atoms with Crippen LogP contribution >= 0.6 is 0 Å². The van der Waals surface area contributed by atoms with Crippen molar-refractivity contribution in [2.75, 3.05) is 20.2 Å². The molecule has 1 fully saturated rings. The van der Waals surface area contributed by atoms with E-state index >= 15 is 0 Å². The predicted molar refractivity (Wildman–Crippen MR) is 69.8 cm³/mol. The lowest BCUT2D eigenvalue weighted by molar-refractivity contribution is 0.0602. The third-order valence-corrected chi connectivity index (χ3v) is 3.63. The van der Waals surface area contributed by atoms with Gasteiger partial charge in [-0.25, -0.2) is 9.18 Å². The fraction of sp³-hybridized carbons (Fsp3) is 0.357. The summed E-state index contributed by atoms with van der Waals surface area (Å²) in [6.07, 6.45) is 1.04. The molecule has 2 aromatic rings. The van der Waals surface area contributed by atoms with Crippen molar-refractivity contribution < 1.29 is 13.9 Å². The van der Waals surface area contributed by atoms with E-state index in [9.17, 15) is 9.18 Å². The van der Waals surface area contributed by atoms with Crippen LogP contribution in [0.2, 0.25) is 0 Å². The van der Waals surface area contributed by atoms with Gasteiger partial charge >= 0.3 is 5.97 Å². The van der Waals surface area contributed by atoms with Gasteiger partial charge in [-0.2, -0.15) is 0 Å². The SMILES string of the molecule is COC(=O)c1cc(F)cc2[nH]c(C3CCNC3)cc12. The number of fused-ring (bicyclic) bond motifs is 1. The van der Waals surface area contributed by atoms with Crippen molar-refractivity contribution in [1.82, 2.24) is 10.3 Å². The number of halogens is 1. The standard InChI is InChI=1S/C14H15FN2O2/c1-19-14(18)11-4-9(15)5-13-10(11)6-12(17-13)8-2-3-16-7-8/h4-6,8,16-17H,2-3,7H2,1H3. The zero-order valence-electron chi connectivity index (χ0n) is 10.6. The minimum absolute atomic E-state index is 0.269. The number of aromatic amines is 1. The quantitative estimate of drug-likeness (QED) is 0.815. The number of hydrogen-bond donors (Lipinski definition) is 2. The van der Waals surface area contributed by atoms with Gasteiger partial charge in [0.2, 0.25) is 0 Å². The third kappa shape index (κ3) is 2.10. The average molecular weight is 262 g/mol. The first-order valence-corrected chi connectivity index (χ1v) is 6.30. The zero-order valence-corrected chi connectivity index (χ0v) is 10.6. The molecule has 0 aliphatic carbocycles. The van der Waals surface area contributed by atoms with E-state index in [2.05, 4.69) is 10.3 Å². The Balaban J connectivity index is 2.12. The van der Waals surface area contributed by atoms with Crippen molar-refractivity contribution in [1.29, 1.82) is 0 Å². The van der Waals surface area contributed by atoms with E-state index in [1.165, 1.54) is 19.2 Å². The number of nitrogens with one attached hydrogen (secondary N) is 2. The fourth-order valence-electron chi connectivity index (χ4n) is 2.64. The van der Waals surface area contributed by atoms with Crippen LogP contribution in [0.5, 0.6) is 0 Å². The molecule has 3 rings (SSSR count). The van der Waals surface area contributed by atoms with Crippen molar-refractivity contribution in [3.05, 3.63) is 35.3 Å². The van der Waals surface area contributed by atoms with E-state index in [1.54, 1.807) is 0 Å². The lowest BCUT2D eigenvalue weighted by Crippen LogP contribution is -2.07. The van der Waals surface area contributed by atoms with Crippen LogP contribution in [0, 0.1) is 5.82 Å². The normalized spacial score (nSPS) is 18.9. The van der Waals surface area contributed by atoms with E-state index in [0.29, 0.717) is 11.4 Å². The molecule has 0 bridgehead atoms. The largest absolute Gasteiger partial charge is 0.465 e. The average Bonchev–Trinajstić information content (AvgIpc) is 3.04. The first-order valence-electron chi connectivity index (χ1n) is 6.30. The summed E-state index contributed by atoms with van der Waals surface area (Å²) in [6.45, 7) is 1.89. The summed E-state index contributed by atoms with van der Waals surface area (Å²) in [5.74, 6) is -0.564. The maximum absolute atomic E-state index is 13.5. The van der Waals surface area contributed by atoms with Gasteiger partial charge in [-0.3, -0.25) is 0 Å². The van der Waals surface area contributed by atoms with Gasteiger partial charge in [-0.05, 0) is 31.2 Å². The van der Waals surface area contributed by atoms with Gasteiger partial charge in [0, 0.05) is 29.1 Å². The van der Waals surface area contributed by atoms with E-state index in [-0.39, 0.29) is 5.56 Å². The number of hydrogen-bond acceptors (Lipinski definition) is 3. The molecule has 1 aliphatic heterocycles.